The van der Waals surface area contributed by atoms with Crippen molar-refractivity contribution in [3.8, 4) is 0 Å². The molecule has 158 valence electrons. The number of fused-ring (bicyclic) bond motifs is 1. The summed E-state index contributed by atoms with van der Waals surface area (Å²) in [6.07, 6.45) is -0.222. The average molecular weight is 447 g/mol. The van der Waals surface area contributed by atoms with Crippen LogP contribution in [0.2, 0.25) is 0 Å². The second-order valence-corrected chi connectivity index (χ2v) is 10.0. The van der Waals surface area contributed by atoms with Gasteiger partial charge in [0.15, 0.2) is 14.6 Å². The molecule has 0 radical (unpaired) electrons. The molecule has 1 amide bonds. The van der Waals surface area contributed by atoms with Gasteiger partial charge in [-0.1, -0.05) is 47.7 Å². The molecule has 30 heavy (non-hydrogen) atoms. The minimum Gasteiger partial charge on any atom is -0.468 e. The molecule has 0 saturated carbocycles. The number of thiazole rings is 1. The number of carbonyl (C=O) groups excluding carboxylic acids is 2. The fourth-order valence-corrected chi connectivity index (χ4v) is 5.39. The van der Waals surface area contributed by atoms with Gasteiger partial charge >= 0.3 is 5.97 Å². The van der Waals surface area contributed by atoms with Crippen LogP contribution in [0.3, 0.4) is 0 Å². The number of aryl methyl sites for hydroxylation is 1. The first-order chi connectivity index (χ1) is 14.3. The van der Waals surface area contributed by atoms with E-state index in [1.807, 2.05) is 31.2 Å². The van der Waals surface area contributed by atoms with Gasteiger partial charge in [0.05, 0.1) is 28.8 Å². The molecule has 0 unspecified atom stereocenters. The molecule has 0 spiro atoms. The maximum Gasteiger partial charge on any atom is 0.325 e. The van der Waals surface area contributed by atoms with E-state index in [-0.39, 0.29) is 24.5 Å². The highest BCUT2D eigenvalue weighted by Crippen LogP contribution is 2.19. The predicted octanol–water partition coefficient (Wildman–Crippen LogP) is 2.62. The predicted molar refractivity (Wildman–Crippen MR) is 116 cm³/mol. The van der Waals surface area contributed by atoms with Gasteiger partial charge in [0.1, 0.15) is 6.54 Å². The van der Waals surface area contributed by atoms with E-state index in [0.717, 1.165) is 15.8 Å². The van der Waals surface area contributed by atoms with E-state index in [4.69, 9.17) is 4.74 Å². The third-order valence-corrected chi connectivity index (χ3v) is 7.07. The molecular formula is C21H22N2O5S2. The number of aromatic nitrogens is 1. The molecule has 0 N–H and O–H groups in total. The molecule has 0 aliphatic rings. The van der Waals surface area contributed by atoms with Crippen molar-refractivity contribution in [3.63, 3.8) is 0 Å². The molecule has 3 rings (SSSR count). The minimum atomic E-state index is -3.44. The molecule has 0 atom stereocenters. The Morgan fingerprint density at radius 2 is 1.87 bits per heavy atom. The summed E-state index contributed by atoms with van der Waals surface area (Å²) < 4.78 is 31.9. The molecule has 3 aromatic rings. The first-order valence-electron chi connectivity index (χ1n) is 9.26. The molecule has 1 aromatic heterocycles. The summed E-state index contributed by atoms with van der Waals surface area (Å²) in [7, 11) is -2.15. The number of carbonyl (C=O) groups is 2. The monoisotopic (exact) mass is 446 g/mol. The van der Waals surface area contributed by atoms with Crippen LogP contribution in [0.4, 0.5) is 0 Å². The first kappa shape index (κ1) is 21.9. The van der Waals surface area contributed by atoms with Gasteiger partial charge in [0, 0.05) is 6.42 Å². The third-order valence-electron chi connectivity index (χ3n) is 4.43. The van der Waals surface area contributed by atoms with E-state index in [9.17, 15) is 18.0 Å². The summed E-state index contributed by atoms with van der Waals surface area (Å²) in [6.45, 7) is 1.86. The van der Waals surface area contributed by atoms with E-state index in [2.05, 4.69) is 4.99 Å². The maximum atomic E-state index is 12.4. The summed E-state index contributed by atoms with van der Waals surface area (Å²) in [4.78, 5) is 28.7. The topological polar surface area (TPSA) is 94.8 Å². The van der Waals surface area contributed by atoms with E-state index in [1.165, 1.54) is 18.4 Å². The maximum absolute atomic E-state index is 12.4. The highest BCUT2D eigenvalue weighted by atomic mass is 32.2. The van der Waals surface area contributed by atoms with Crippen LogP contribution in [0.5, 0.6) is 0 Å². The normalized spacial score (nSPS) is 12.3. The zero-order valence-corrected chi connectivity index (χ0v) is 18.3. The summed E-state index contributed by atoms with van der Waals surface area (Å²) in [6, 6.07) is 14.5. The van der Waals surface area contributed by atoms with Crippen LogP contribution < -0.4 is 4.80 Å². The minimum absolute atomic E-state index is 0.0853. The van der Waals surface area contributed by atoms with Crippen LogP contribution in [-0.4, -0.2) is 37.7 Å². The fourth-order valence-electron chi connectivity index (χ4n) is 2.92. The van der Waals surface area contributed by atoms with Crippen molar-refractivity contribution in [2.75, 3.05) is 12.9 Å². The number of benzene rings is 2. The molecule has 0 aliphatic heterocycles. The van der Waals surface area contributed by atoms with Gasteiger partial charge in [-0.3, -0.25) is 9.59 Å². The molecule has 0 bridgehead atoms. The average Bonchev–Trinajstić information content (AvgIpc) is 3.02. The quantitative estimate of drug-likeness (QED) is 0.520. The number of methoxy groups -OCH3 is 1. The number of esters is 1. The highest BCUT2D eigenvalue weighted by Gasteiger charge is 2.16. The van der Waals surface area contributed by atoms with Crippen molar-refractivity contribution in [1.82, 2.24) is 4.57 Å². The zero-order chi connectivity index (χ0) is 21.7. The molecular weight excluding hydrogens is 424 g/mol. The number of hydrogen-bond donors (Lipinski definition) is 0. The van der Waals surface area contributed by atoms with Crippen molar-refractivity contribution in [1.29, 1.82) is 0 Å². The number of hydrogen-bond acceptors (Lipinski definition) is 6. The van der Waals surface area contributed by atoms with Crippen LogP contribution in [0.25, 0.3) is 10.2 Å². The summed E-state index contributed by atoms with van der Waals surface area (Å²) >= 11 is 1.27. The Morgan fingerprint density at radius 1 is 1.13 bits per heavy atom. The molecule has 0 saturated heterocycles. The second-order valence-electron chi connectivity index (χ2n) is 6.85. The fraction of sp³-hybridized carbons (Fsp3) is 0.286. The number of nitrogens with zero attached hydrogens (tertiary/aromatic N) is 2. The Labute approximate surface area is 178 Å². The number of sulfone groups is 1. The first-order valence-corrected chi connectivity index (χ1v) is 11.9. The van der Waals surface area contributed by atoms with Crippen molar-refractivity contribution >= 4 is 43.3 Å². The largest absolute Gasteiger partial charge is 0.468 e. The number of rotatable bonds is 7. The van der Waals surface area contributed by atoms with Crippen LogP contribution in [0.15, 0.2) is 53.5 Å². The van der Waals surface area contributed by atoms with Crippen molar-refractivity contribution < 1.29 is 22.7 Å². The molecule has 0 aliphatic carbocycles. The van der Waals surface area contributed by atoms with Gasteiger partial charge in [0.25, 0.3) is 0 Å². The van der Waals surface area contributed by atoms with Crippen LogP contribution in [0.1, 0.15) is 17.5 Å². The lowest BCUT2D eigenvalue weighted by Crippen LogP contribution is -2.23. The summed E-state index contributed by atoms with van der Waals surface area (Å²) in [5, 5.41) is 0. The van der Waals surface area contributed by atoms with E-state index < -0.39 is 21.7 Å². The SMILES string of the molecule is COC(=O)Cn1c(=NC(=O)CCS(=O)(=O)Cc2ccccc2)sc2cc(C)ccc21. The Morgan fingerprint density at radius 3 is 2.57 bits per heavy atom. The van der Waals surface area contributed by atoms with Crippen molar-refractivity contribution in [3.05, 3.63) is 64.5 Å². The van der Waals surface area contributed by atoms with E-state index in [1.54, 1.807) is 28.8 Å². The smallest absolute Gasteiger partial charge is 0.325 e. The Balaban J connectivity index is 1.82. The Hall–Kier alpha value is -2.78. The molecule has 1 heterocycles. The van der Waals surface area contributed by atoms with Gasteiger partial charge in [-0.25, -0.2) is 8.42 Å². The van der Waals surface area contributed by atoms with E-state index >= 15 is 0 Å². The van der Waals surface area contributed by atoms with Gasteiger partial charge < -0.3 is 9.30 Å². The number of amides is 1. The van der Waals surface area contributed by atoms with Crippen LogP contribution in [-0.2, 0) is 36.5 Å². The number of ether oxygens (including phenoxy) is 1. The molecule has 7 nitrogen and oxygen atoms in total. The van der Waals surface area contributed by atoms with Crippen molar-refractivity contribution in [2.24, 2.45) is 4.99 Å². The summed E-state index contributed by atoms with van der Waals surface area (Å²) in [5.74, 6) is -1.42. The van der Waals surface area contributed by atoms with Gasteiger partial charge in [-0.15, -0.1) is 0 Å². The van der Waals surface area contributed by atoms with E-state index in [0.29, 0.717) is 10.4 Å². The Kier molecular flexibility index (Phi) is 6.84. The van der Waals surface area contributed by atoms with Crippen LogP contribution >= 0.6 is 11.3 Å². The van der Waals surface area contributed by atoms with Crippen molar-refractivity contribution in [2.45, 2.75) is 25.6 Å². The highest BCUT2D eigenvalue weighted by molar-refractivity contribution is 7.90. The van der Waals surface area contributed by atoms with Crippen LogP contribution in [0, 0.1) is 6.92 Å². The lowest BCUT2D eigenvalue weighted by atomic mass is 10.2. The molecule has 0 fully saturated rings. The third kappa shape index (κ3) is 5.64. The Bertz CT molecular complexity index is 1240. The van der Waals surface area contributed by atoms with Gasteiger partial charge in [-0.05, 0) is 30.2 Å². The standard InChI is InChI=1S/C21H22N2O5S2/c1-15-8-9-17-18(12-15)29-21(23(17)13-20(25)28-2)22-19(24)10-11-30(26,27)14-16-6-4-3-5-7-16/h3-9,12H,10-11,13-14H2,1-2H3. The zero-order valence-electron chi connectivity index (χ0n) is 16.7. The lowest BCUT2D eigenvalue weighted by Gasteiger charge is -2.04. The summed E-state index contributed by atoms with van der Waals surface area (Å²) in [5.41, 5.74) is 2.48. The lowest BCUT2D eigenvalue weighted by molar-refractivity contribution is -0.141. The van der Waals surface area contributed by atoms with Gasteiger partial charge in [-0.2, -0.15) is 4.99 Å². The molecule has 9 heteroatoms. The molecule has 2 aromatic carbocycles. The second kappa shape index (κ2) is 9.36. The van der Waals surface area contributed by atoms with Gasteiger partial charge in [0.2, 0.25) is 5.91 Å².